The minimum atomic E-state index is -0.523. The molecular formula is C11H19NO2. The number of rotatable bonds is 2. The standard InChI is InChI=1S/C11H19NO2/c1-8(2)10(14)12-6-5-9(13)7-11(12,3)4/h5-8,10,13-14H,1-4H3. The molecule has 1 atom stereocenters. The molecule has 0 aromatic rings. The largest absolute Gasteiger partial charge is 0.508 e. The van der Waals surface area contributed by atoms with Crippen molar-refractivity contribution in [1.82, 2.24) is 4.90 Å². The zero-order valence-electron chi connectivity index (χ0n) is 9.23. The summed E-state index contributed by atoms with van der Waals surface area (Å²) in [5.41, 5.74) is -0.345. The van der Waals surface area contributed by atoms with Crippen LogP contribution in [0.4, 0.5) is 0 Å². The van der Waals surface area contributed by atoms with Crippen LogP contribution in [0.25, 0.3) is 0 Å². The van der Waals surface area contributed by atoms with E-state index in [1.807, 2.05) is 32.6 Å². The van der Waals surface area contributed by atoms with Crippen LogP contribution in [0.5, 0.6) is 0 Å². The van der Waals surface area contributed by atoms with Crippen molar-refractivity contribution in [1.29, 1.82) is 0 Å². The molecule has 80 valence electrons. The molecule has 0 aromatic heterocycles. The topological polar surface area (TPSA) is 43.7 Å². The first-order valence-corrected chi connectivity index (χ1v) is 4.91. The van der Waals surface area contributed by atoms with Gasteiger partial charge in [-0.2, -0.15) is 0 Å². The van der Waals surface area contributed by atoms with Gasteiger partial charge in [0.1, 0.15) is 12.0 Å². The average Bonchev–Trinajstić information content (AvgIpc) is 2.01. The summed E-state index contributed by atoms with van der Waals surface area (Å²) in [6, 6.07) is 0. The lowest BCUT2D eigenvalue weighted by Crippen LogP contribution is -2.48. The number of nitrogens with zero attached hydrogens (tertiary/aromatic N) is 1. The number of aliphatic hydroxyl groups excluding tert-OH is 2. The van der Waals surface area contributed by atoms with Gasteiger partial charge in [-0.3, -0.25) is 0 Å². The van der Waals surface area contributed by atoms with E-state index in [-0.39, 0.29) is 17.2 Å². The first-order valence-electron chi connectivity index (χ1n) is 4.91. The fourth-order valence-electron chi connectivity index (χ4n) is 1.58. The summed E-state index contributed by atoms with van der Waals surface area (Å²) in [5, 5.41) is 19.3. The van der Waals surface area contributed by atoms with Gasteiger partial charge in [-0.15, -0.1) is 0 Å². The summed E-state index contributed by atoms with van der Waals surface area (Å²) in [6.45, 7) is 7.84. The van der Waals surface area contributed by atoms with E-state index in [2.05, 4.69) is 0 Å². The van der Waals surface area contributed by atoms with Gasteiger partial charge in [0.2, 0.25) is 0 Å². The maximum Gasteiger partial charge on any atom is 0.129 e. The van der Waals surface area contributed by atoms with E-state index in [1.165, 1.54) is 0 Å². The second kappa shape index (κ2) is 3.65. The predicted molar refractivity (Wildman–Crippen MR) is 56.6 cm³/mol. The normalized spacial score (nSPS) is 22.4. The van der Waals surface area contributed by atoms with Crippen LogP contribution in [-0.2, 0) is 0 Å². The van der Waals surface area contributed by atoms with Crippen LogP contribution in [0, 0.1) is 5.92 Å². The molecule has 3 heteroatoms. The van der Waals surface area contributed by atoms with Gasteiger partial charge in [0, 0.05) is 6.20 Å². The molecule has 0 saturated carbocycles. The minimum absolute atomic E-state index is 0.160. The highest BCUT2D eigenvalue weighted by atomic mass is 16.3. The van der Waals surface area contributed by atoms with Gasteiger partial charge in [0.15, 0.2) is 0 Å². The summed E-state index contributed by atoms with van der Waals surface area (Å²) in [7, 11) is 0. The molecule has 1 aliphatic heterocycles. The molecule has 0 saturated heterocycles. The molecule has 0 amide bonds. The SMILES string of the molecule is CC(C)C(O)N1C=CC(O)=CC1(C)C. The highest BCUT2D eigenvalue weighted by molar-refractivity contribution is 5.23. The first-order chi connectivity index (χ1) is 6.34. The molecule has 0 radical (unpaired) electrons. The quantitative estimate of drug-likeness (QED) is 0.711. The minimum Gasteiger partial charge on any atom is -0.508 e. The molecule has 0 aromatic carbocycles. The van der Waals surface area contributed by atoms with Gasteiger partial charge in [0.25, 0.3) is 0 Å². The molecule has 2 N–H and O–H groups in total. The summed E-state index contributed by atoms with van der Waals surface area (Å²) in [4.78, 5) is 1.84. The molecular weight excluding hydrogens is 178 g/mol. The Kier molecular flexibility index (Phi) is 2.90. The van der Waals surface area contributed by atoms with Crippen LogP contribution < -0.4 is 0 Å². The lowest BCUT2D eigenvalue weighted by atomic mass is 9.97. The molecule has 0 fully saturated rings. The van der Waals surface area contributed by atoms with Crippen molar-refractivity contribution in [3.8, 4) is 0 Å². The number of aliphatic hydroxyl groups is 2. The lowest BCUT2D eigenvalue weighted by Gasteiger charge is -2.42. The Morgan fingerprint density at radius 1 is 1.36 bits per heavy atom. The van der Waals surface area contributed by atoms with E-state index < -0.39 is 6.23 Å². The zero-order chi connectivity index (χ0) is 10.9. The van der Waals surface area contributed by atoms with Crippen molar-refractivity contribution in [2.45, 2.75) is 39.5 Å². The fraction of sp³-hybridized carbons (Fsp3) is 0.636. The Hall–Kier alpha value is -0.960. The lowest BCUT2D eigenvalue weighted by molar-refractivity contribution is -0.0380. The van der Waals surface area contributed by atoms with Gasteiger partial charge in [-0.1, -0.05) is 13.8 Å². The summed E-state index contributed by atoms with van der Waals surface area (Å²) < 4.78 is 0. The number of allylic oxidation sites excluding steroid dienone is 1. The van der Waals surface area contributed by atoms with E-state index in [0.29, 0.717) is 0 Å². The second-order valence-corrected chi connectivity index (χ2v) is 4.60. The number of hydrogen-bond acceptors (Lipinski definition) is 3. The fourth-order valence-corrected chi connectivity index (χ4v) is 1.58. The maximum absolute atomic E-state index is 9.94. The van der Waals surface area contributed by atoms with Gasteiger partial charge in [-0.05, 0) is 31.9 Å². The third-order valence-electron chi connectivity index (χ3n) is 2.45. The van der Waals surface area contributed by atoms with E-state index in [9.17, 15) is 10.2 Å². The maximum atomic E-state index is 9.94. The molecule has 0 aliphatic carbocycles. The van der Waals surface area contributed by atoms with Gasteiger partial charge in [-0.25, -0.2) is 0 Å². The van der Waals surface area contributed by atoms with Gasteiger partial charge >= 0.3 is 0 Å². The van der Waals surface area contributed by atoms with Crippen LogP contribution >= 0.6 is 0 Å². The summed E-state index contributed by atoms with van der Waals surface area (Å²) >= 11 is 0. The highest BCUT2D eigenvalue weighted by Crippen LogP contribution is 2.26. The number of hydrogen-bond donors (Lipinski definition) is 2. The second-order valence-electron chi connectivity index (χ2n) is 4.60. The predicted octanol–water partition coefficient (Wildman–Crippen LogP) is 2.01. The Labute approximate surface area is 85.4 Å². The van der Waals surface area contributed by atoms with Gasteiger partial charge < -0.3 is 15.1 Å². The Bertz CT molecular complexity index is 266. The highest BCUT2D eigenvalue weighted by Gasteiger charge is 2.31. The van der Waals surface area contributed by atoms with Crippen LogP contribution in [0.15, 0.2) is 24.1 Å². The smallest absolute Gasteiger partial charge is 0.129 e. The van der Waals surface area contributed by atoms with E-state index >= 15 is 0 Å². The Morgan fingerprint density at radius 3 is 2.36 bits per heavy atom. The van der Waals surface area contributed by atoms with Crippen molar-refractivity contribution >= 4 is 0 Å². The first kappa shape index (κ1) is 11.1. The molecule has 1 aliphatic rings. The van der Waals surface area contributed by atoms with E-state index in [1.54, 1.807) is 18.4 Å². The molecule has 1 rings (SSSR count). The molecule has 3 nitrogen and oxygen atoms in total. The molecule has 0 spiro atoms. The third-order valence-corrected chi connectivity index (χ3v) is 2.45. The van der Waals surface area contributed by atoms with E-state index in [4.69, 9.17) is 0 Å². The van der Waals surface area contributed by atoms with Crippen LogP contribution in [0.2, 0.25) is 0 Å². The van der Waals surface area contributed by atoms with Crippen LogP contribution in [-0.4, -0.2) is 26.9 Å². The van der Waals surface area contributed by atoms with Crippen molar-refractivity contribution in [2.24, 2.45) is 5.92 Å². The molecule has 1 heterocycles. The van der Waals surface area contributed by atoms with Crippen molar-refractivity contribution in [3.05, 3.63) is 24.1 Å². The summed E-state index contributed by atoms with van der Waals surface area (Å²) in [5.74, 6) is 0.412. The van der Waals surface area contributed by atoms with Gasteiger partial charge in [0.05, 0.1) is 5.54 Å². The van der Waals surface area contributed by atoms with Crippen molar-refractivity contribution in [3.63, 3.8) is 0 Å². The molecule has 0 bridgehead atoms. The average molecular weight is 197 g/mol. The zero-order valence-corrected chi connectivity index (χ0v) is 9.23. The van der Waals surface area contributed by atoms with Crippen molar-refractivity contribution in [2.75, 3.05) is 0 Å². The van der Waals surface area contributed by atoms with E-state index in [0.717, 1.165) is 0 Å². The Balaban J connectivity index is 2.87. The monoisotopic (exact) mass is 197 g/mol. The molecule has 14 heavy (non-hydrogen) atoms. The van der Waals surface area contributed by atoms with Crippen LogP contribution in [0.1, 0.15) is 27.7 Å². The Morgan fingerprint density at radius 2 is 1.93 bits per heavy atom. The van der Waals surface area contributed by atoms with Crippen molar-refractivity contribution < 1.29 is 10.2 Å². The molecule has 1 unspecified atom stereocenters. The van der Waals surface area contributed by atoms with Crippen LogP contribution in [0.3, 0.4) is 0 Å². The third kappa shape index (κ3) is 2.10. The summed E-state index contributed by atoms with van der Waals surface area (Å²) in [6.07, 6.45) is 4.54.